The molecule has 118 valence electrons. The van der Waals surface area contributed by atoms with Gasteiger partial charge in [0.25, 0.3) is 0 Å². The van der Waals surface area contributed by atoms with Crippen molar-refractivity contribution in [2.24, 2.45) is 0 Å². The molecule has 1 aromatic rings. The molecule has 0 bridgehead atoms. The zero-order valence-corrected chi connectivity index (χ0v) is 13.8. The highest BCUT2D eigenvalue weighted by Crippen LogP contribution is 2.28. The standard InChI is InChI=1S/C16H28N4O/c1-5-6-11-19(4)16(21)13-9-7-8-10-14-17-18-15(12(2)3)20(13)14/h12-13H,5-11H2,1-4H3. The molecule has 0 fully saturated rings. The molecule has 1 amide bonds. The summed E-state index contributed by atoms with van der Waals surface area (Å²) in [6.07, 6.45) is 6.18. The van der Waals surface area contributed by atoms with Gasteiger partial charge in [0.2, 0.25) is 5.91 Å². The second kappa shape index (κ2) is 7.05. The summed E-state index contributed by atoms with van der Waals surface area (Å²) in [5.41, 5.74) is 0. The smallest absolute Gasteiger partial charge is 0.245 e. The van der Waals surface area contributed by atoms with Gasteiger partial charge >= 0.3 is 0 Å². The van der Waals surface area contributed by atoms with Gasteiger partial charge in [0.1, 0.15) is 17.7 Å². The van der Waals surface area contributed by atoms with Crippen LogP contribution in [0.25, 0.3) is 0 Å². The number of aryl methyl sites for hydroxylation is 1. The molecule has 0 aliphatic carbocycles. The van der Waals surface area contributed by atoms with Crippen molar-refractivity contribution < 1.29 is 4.79 Å². The molecular weight excluding hydrogens is 264 g/mol. The Balaban J connectivity index is 2.28. The van der Waals surface area contributed by atoms with E-state index in [1.807, 2.05) is 11.9 Å². The van der Waals surface area contributed by atoms with Crippen LogP contribution in [0.4, 0.5) is 0 Å². The molecule has 0 saturated heterocycles. The molecule has 0 radical (unpaired) electrons. The fourth-order valence-electron chi connectivity index (χ4n) is 2.98. The molecule has 1 unspecified atom stereocenters. The third-order valence-electron chi connectivity index (χ3n) is 4.26. The summed E-state index contributed by atoms with van der Waals surface area (Å²) in [5.74, 6) is 2.45. The van der Waals surface area contributed by atoms with Gasteiger partial charge in [0.05, 0.1) is 0 Å². The van der Waals surface area contributed by atoms with Crippen molar-refractivity contribution in [3.8, 4) is 0 Å². The van der Waals surface area contributed by atoms with Crippen molar-refractivity contribution >= 4 is 5.91 Å². The lowest BCUT2D eigenvalue weighted by molar-refractivity contribution is -0.133. The number of carbonyl (C=O) groups is 1. The van der Waals surface area contributed by atoms with Gasteiger partial charge in [-0.15, -0.1) is 10.2 Å². The molecule has 21 heavy (non-hydrogen) atoms. The van der Waals surface area contributed by atoms with E-state index in [1.165, 1.54) is 0 Å². The van der Waals surface area contributed by atoms with Crippen LogP contribution in [0.1, 0.15) is 76.5 Å². The summed E-state index contributed by atoms with van der Waals surface area (Å²) < 4.78 is 2.13. The lowest BCUT2D eigenvalue weighted by atomic mass is 10.1. The maximum Gasteiger partial charge on any atom is 0.245 e. The predicted molar refractivity (Wildman–Crippen MR) is 83.2 cm³/mol. The fourth-order valence-corrected chi connectivity index (χ4v) is 2.98. The fraction of sp³-hybridized carbons (Fsp3) is 0.812. The van der Waals surface area contributed by atoms with Gasteiger partial charge in [-0.25, -0.2) is 0 Å². The van der Waals surface area contributed by atoms with Crippen molar-refractivity contribution in [1.29, 1.82) is 0 Å². The summed E-state index contributed by atoms with van der Waals surface area (Å²) in [7, 11) is 1.92. The van der Waals surface area contributed by atoms with E-state index >= 15 is 0 Å². The van der Waals surface area contributed by atoms with Crippen LogP contribution in [0.5, 0.6) is 0 Å². The maximum atomic E-state index is 12.8. The molecule has 0 spiro atoms. The van der Waals surface area contributed by atoms with Crippen LogP contribution in [-0.4, -0.2) is 39.2 Å². The number of nitrogens with zero attached hydrogens (tertiary/aromatic N) is 4. The Morgan fingerprint density at radius 3 is 2.81 bits per heavy atom. The Kier molecular flexibility index (Phi) is 5.37. The van der Waals surface area contributed by atoms with Crippen molar-refractivity contribution in [3.05, 3.63) is 11.6 Å². The van der Waals surface area contributed by atoms with E-state index in [0.29, 0.717) is 5.92 Å². The number of unbranched alkanes of at least 4 members (excludes halogenated alkanes) is 1. The third kappa shape index (κ3) is 3.44. The van der Waals surface area contributed by atoms with Gasteiger partial charge in [0, 0.05) is 25.9 Å². The first-order chi connectivity index (χ1) is 10.1. The van der Waals surface area contributed by atoms with Gasteiger partial charge in [0.15, 0.2) is 0 Å². The SMILES string of the molecule is CCCCN(C)C(=O)C1CCCCc2nnc(C(C)C)n21. The molecule has 2 rings (SSSR count). The Hall–Kier alpha value is -1.39. The maximum absolute atomic E-state index is 12.8. The Labute approximate surface area is 127 Å². The van der Waals surface area contributed by atoms with E-state index in [-0.39, 0.29) is 11.9 Å². The molecular formula is C16H28N4O. The minimum Gasteiger partial charge on any atom is -0.344 e. The normalized spacial score (nSPS) is 18.4. The minimum absolute atomic E-state index is 0.114. The number of amides is 1. The topological polar surface area (TPSA) is 51.0 Å². The number of carbonyl (C=O) groups excluding carboxylic acids is 1. The quantitative estimate of drug-likeness (QED) is 0.838. The van der Waals surface area contributed by atoms with Crippen LogP contribution < -0.4 is 0 Å². The summed E-state index contributed by atoms with van der Waals surface area (Å²) in [5, 5.41) is 8.67. The van der Waals surface area contributed by atoms with Crippen LogP contribution in [0.15, 0.2) is 0 Å². The van der Waals surface area contributed by atoms with Gasteiger partial charge in [-0.1, -0.05) is 33.6 Å². The first kappa shape index (κ1) is 16.0. The van der Waals surface area contributed by atoms with E-state index in [1.54, 1.807) is 0 Å². The summed E-state index contributed by atoms with van der Waals surface area (Å²) >= 11 is 0. The highest BCUT2D eigenvalue weighted by Gasteiger charge is 2.30. The van der Waals surface area contributed by atoms with Crippen LogP contribution in [-0.2, 0) is 11.2 Å². The second-order valence-electron chi connectivity index (χ2n) is 6.37. The summed E-state index contributed by atoms with van der Waals surface area (Å²) in [6, 6.07) is -0.114. The average molecular weight is 292 g/mol. The zero-order chi connectivity index (χ0) is 15.4. The number of rotatable bonds is 5. The third-order valence-corrected chi connectivity index (χ3v) is 4.26. The Morgan fingerprint density at radius 2 is 2.14 bits per heavy atom. The lowest BCUT2D eigenvalue weighted by Crippen LogP contribution is -2.36. The summed E-state index contributed by atoms with van der Waals surface area (Å²) in [6.45, 7) is 7.22. The van der Waals surface area contributed by atoms with Crippen LogP contribution in [0.2, 0.25) is 0 Å². The molecule has 5 heteroatoms. The van der Waals surface area contributed by atoms with Crippen molar-refractivity contribution in [2.45, 2.75) is 71.3 Å². The lowest BCUT2D eigenvalue weighted by Gasteiger charge is -2.26. The molecule has 1 aromatic heterocycles. The number of fused-ring (bicyclic) bond motifs is 1. The van der Waals surface area contributed by atoms with E-state index in [0.717, 1.165) is 56.7 Å². The van der Waals surface area contributed by atoms with E-state index in [4.69, 9.17) is 0 Å². The molecule has 0 aromatic carbocycles. The Bertz CT molecular complexity index is 481. The number of likely N-dealkylation sites (N-methyl/N-ethyl adjacent to an activating group) is 1. The molecule has 0 saturated carbocycles. The molecule has 1 atom stereocenters. The van der Waals surface area contributed by atoms with Crippen molar-refractivity contribution in [1.82, 2.24) is 19.7 Å². The van der Waals surface area contributed by atoms with Gasteiger partial charge in [-0.2, -0.15) is 0 Å². The largest absolute Gasteiger partial charge is 0.344 e. The summed E-state index contributed by atoms with van der Waals surface area (Å²) in [4.78, 5) is 14.7. The van der Waals surface area contributed by atoms with Crippen LogP contribution in [0.3, 0.4) is 0 Å². The molecule has 1 aliphatic heterocycles. The highest BCUT2D eigenvalue weighted by atomic mass is 16.2. The number of aromatic nitrogens is 3. The number of hydrogen-bond acceptors (Lipinski definition) is 3. The van der Waals surface area contributed by atoms with E-state index in [2.05, 4.69) is 35.5 Å². The van der Waals surface area contributed by atoms with Gasteiger partial charge < -0.3 is 9.47 Å². The van der Waals surface area contributed by atoms with E-state index in [9.17, 15) is 4.79 Å². The van der Waals surface area contributed by atoms with Crippen LogP contribution in [0, 0.1) is 0 Å². The van der Waals surface area contributed by atoms with Gasteiger partial charge in [-0.05, 0) is 19.3 Å². The monoisotopic (exact) mass is 292 g/mol. The van der Waals surface area contributed by atoms with Crippen molar-refractivity contribution in [3.63, 3.8) is 0 Å². The average Bonchev–Trinajstić information content (AvgIpc) is 2.77. The molecule has 5 nitrogen and oxygen atoms in total. The van der Waals surface area contributed by atoms with Gasteiger partial charge in [-0.3, -0.25) is 4.79 Å². The molecule has 0 N–H and O–H groups in total. The Morgan fingerprint density at radius 1 is 1.38 bits per heavy atom. The van der Waals surface area contributed by atoms with E-state index < -0.39 is 0 Å². The minimum atomic E-state index is -0.114. The van der Waals surface area contributed by atoms with Crippen LogP contribution >= 0.6 is 0 Å². The zero-order valence-electron chi connectivity index (χ0n) is 13.8. The van der Waals surface area contributed by atoms with Crippen molar-refractivity contribution in [2.75, 3.05) is 13.6 Å². The second-order valence-corrected chi connectivity index (χ2v) is 6.37. The first-order valence-electron chi connectivity index (χ1n) is 8.24. The number of hydrogen-bond donors (Lipinski definition) is 0. The molecule has 2 heterocycles. The highest BCUT2D eigenvalue weighted by molar-refractivity contribution is 5.80. The predicted octanol–water partition coefficient (Wildman–Crippen LogP) is 2.93. The first-order valence-corrected chi connectivity index (χ1v) is 8.24. The molecule has 1 aliphatic rings.